The van der Waals surface area contributed by atoms with Gasteiger partial charge in [-0.05, 0) is 32.6 Å². The number of terminal acetylenes is 2. The lowest BCUT2D eigenvalue weighted by Gasteiger charge is -2.24. The maximum atomic E-state index is 11.4. The minimum atomic E-state index is -0.00829. The molecule has 0 spiro atoms. The summed E-state index contributed by atoms with van der Waals surface area (Å²) in [5, 5.41) is 11.4. The number of amides is 1. The summed E-state index contributed by atoms with van der Waals surface area (Å²) in [5.74, 6) is 5.41. The predicted octanol–water partition coefficient (Wildman–Crippen LogP) is 1.67. The Morgan fingerprint density at radius 3 is 2.33 bits per heavy atom. The Balaban J connectivity index is 0.000000219. The van der Waals surface area contributed by atoms with E-state index in [1.807, 2.05) is 11.8 Å². The number of likely N-dealkylation sites (tertiary alicyclic amines) is 1. The minimum Gasteiger partial charge on any atom is -0.326 e. The van der Waals surface area contributed by atoms with Crippen LogP contribution in [0.1, 0.15) is 46.0 Å². The molecule has 4 heteroatoms. The summed E-state index contributed by atoms with van der Waals surface area (Å²) in [4.78, 5) is 13.3. The Morgan fingerprint density at radius 1 is 1.24 bits per heavy atom. The van der Waals surface area contributed by atoms with Crippen molar-refractivity contribution < 1.29 is 4.79 Å². The molecule has 112 valence electrons. The van der Waals surface area contributed by atoms with Gasteiger partial charge in [-0.2, -0.15) is 5.26 Å². The normalized spacial score (nSPS) is 30.5. The first kappa shape index (κ1) is 17.1. The SMILES string of the molecule is C#C[C@H]1CC[C@@H](C#N)N1.C#C[C@H]1CC[C@@H](C)N1C(=O)CC. The van der Waals surface area contributed by atoms with E-state index in [4.69, 9.17) is 18.1 Å². The molecule has 2 aliphatic heterocycles. The molecule has 0 aliphatic carbocycles. The van der Waals surface area contributed by atoms with Crippen molar-refractivity contribution in [3.8, 4) is 30.8 Å². The van der Waals surface area contributed by atoms with Gasteiger partial charge in [-0.25, -0.2) is 0 Å². The average molecular weight is 285 g/mol. The van der Waals surface area contributed by atoms with Crippen molar-refractivity contribution in [2.45, 2.75) is 70.1 Å². The number of hydrogen-bond donors (Lipinski definition) is 1. The summed E-state index contributed by atoms with van der Waals surface area (Å²) in [5.41, 5.74) is 0. The van der Waals surface area contributed by atoms with Crippen LogP contribution in [0.25, 0.3) is 0 Å². The predicted molar refractivity (Wildman–Crippen MR) is 82.8 cm³/mol. The molecule has 2 aliphatic rings. The summed E-state index contributed by atoms with van der Waals surface area (Å²) >= 11 is 0. The topological polar surface area (TPSA) is 56.1 Å². The Bertz CT molecular complexity index is 460. The molecule has 21 heavy (non-hydrogen) atoms. The van der Waals surface area contributed by atoms with Crippen molar-refractivity contribution in [3.05, 3.63) is 0 Å². The molecule has 4 atom stereocenters. The van der Waals surface area contributed by atoms with Crippen LogP contribution in [-0.2, 0) is 4.79 Å². The van der Waals surface area contributed by atoms with Gasteiger partial charge in [0.1, 0.15) is 0 Å². The Morgan fingerprint density at radius 2 is 1.90 bits per heavy atom. The van der Waals surface area contributed by atoms with Gasteiger partial charge in [-0.15, -0.1) is 12.8 Å². The van der Waals surface area contributed by atoms with Crippen LogP contribution in [0.5, 0.6) is 0 Å². The van der Waals surface area contributed by atoms with E-state index in [1.165, 1.54) is 0 Å². The van der Waals surface area contributed by atoms with Gasteiger partial charge < -0.3 is 4.90 Å². The van der Waals surface area contributed by atoms with Crippen molar-refractivity contribution in [1.82, 2.24) is 10.2 Å². The number of nitriles is 1. The van der Waals surface area contributed by atoms with Gasteiger partial charge in [-0.1, -0.05) is 18.8 Å². The highest BCUT2D eigenvalue weighted by Gasteiger charge is 2.31. The fourth-order valence-electron chi connectivity index (χ4n) is 2.73. The molecule has 0 radical (unpaired) electrons. The summed E-state index contributed by atoms with van der Waals surface area (Å²) < 4.78 is 0. The van der Waals surface area contributed by atoms with Gasteiger partial charge >= 0.3 is 0 Å². The van der Waals surface area contributed by atoms with Gasteiger partial charge in [-0.3, -0.25) is 10.1 Å². The zero-order chi connectivity index (χ0) is 15.8. The molecular weight excluding hydrogens is 262 g/mol. The number of rotatable bonds is 1. The second-order valence-corrected chi connectivity index (χ2v) is 5.41. The number of hydrogen-bond acceptors (Lipinski definition) is 3. The molecule has 0 aromatic carbocycles. The first-order valence-electron chi connectivity index (χ1n) is 7.46. The molecule has 4 nitrogen and oxygen atoms in total. The lowest BCUT2D eigenvalue weighted by molar-refractivity contribution is -0.132. The summed E-state index contributed by atoms with van der Waals surface area (Å²) in [6, 6.07) is 2.63. The third-order valence-electron chi connectivity index (χ3n) is 3.95. The first-order valence-corrected chi connectivity index (χ1v) is 7.46. The molecule has 1 amide bonds. The van der Waals surface area contributed by atoms with Gasteiger partial charge in [0.25, 0.3) is 0 Å². The smallest absolute Gasteiger partial charge is 0.223 e. The van der Waals surface area contributed by atoms with E-state index in [0.29, 0.717) is 12.5 Å². The van der Waals surface area contributed by atoms with Crippen LogP contribution in [0.3, 0.4) is 0 Å². The van der Waals surface area contributed by atoms with E-state index in [0.717, 1.165) is 25.7 Å². The summed E-state index contributed by atoms with van der Waals surface area (Å²) in [6.45, 7) is 3.94. The van der Waals surface area contributed by atoms with E-state index in [1.54, 1.807) is 0 Å². The summed E-state index contributed by atoms with van der Waals surface area (Å²) in [7, 11) is 0. The number of carbonyl (C=O) groups is 1. The molecule has 2 heterocycles. The molecule has 0 saturated carbocycles. The van der Waals surface area contributed by atoms with Crippen molar-refractivity contribution in [1.29, 1.82) is 5.26 Å². The molecule has 1 N–H and O–H groups in total. The Hall–Kier alpha value is -1.96. The van der Waals surface area contributed by atoms with Crippen LogP contribution in [0.2, 0.25) is 0 Å². The highest BCUT2D eigenvalue weighted by Crippen LogP contribution is 2.23. The van der Waals surface area contributed by atoms with Crippen LogP contribution >= 0.6 is 0 Å². The average Bonchev–Trinajstić information content (AvgIpc) is 3.12. The third kappa shape index (κ3) is 4.52. The van der Waals surface area contributed by atoms with E-state index in [-0.39, 0.29) is 24.0 Å². The van der Waals surface area contributed by atoms with Crippen LogP contribution < -0.4 is 5.32 Å². The highest BCUT2D eigenvalue weighted by atomic mass is 16.2. The lowest BCUT2D eigenvalue weighted by Crippen LogP contribution is -2.38. The highest BCUT2D eigenvalue weighted by molar-refractivity contribution is 5.77. The fourth-order valence-corrected chi connectivity index (χ4v) is 2.73. The standard InChI is InChI=1S/C10H15NO.C7H8N2/c1-4-9-7-6-8(3)11(9)10(12)5-2;1-2-6-3-4-7(5-8)9-6/h1,8-9H,5-7H2,2-3H3;1,6-7,9H,3-4H2/t8-,9+;6-,7-/m10/s1. The zero-order valence-corrected chi connectivity index (χ0v) is 12.8. The van der Waals surface area contributed by atoms with Gasteiger partial charge in [0.2, 0.25) is 5.91 Å². The van der Waals surface area contributed by atoms with Crippen molar-refractivity contribution in [3.63, 3.8) is 0 Å². The van der Waals surface area contributed by atoms with Crippen LogP contribution in [0.4, 0.5) is 0 Å². The van der Waals surface area contributed by atoms with Gasteiger partial charge in [0, 0.05) is 12.5 Å². The lowest BCUT2D eigenvalue weighted by atomic mass is 10.2. The number of nitrogens with one attached hydrogen (secondary N) is 1. The van der Waals surface area contributed by atoms with Crippen LogP contribution in [0.15, 0.2) is 0 Å². The quantitative estimate of drug-likeness (QED) is 0.746. The molecule has 0 aromatic heterocycles. The summed E-state index contributed by atoms with van der Waals surface area (Å²) in [6.07, 6.45) is 14.9. The molecule has 0 aromatic rings. The van der Waals surface area contributed by atoms with E-state index in [9.17, 15) is 4.79 Å². The van der Waals surface area contributed by atoms with E-state index in [2.05, 4.69) is 30.2 Å². The van der Waals surface area contributed by atoms with Crippen molar-refractivity contribution in [2.24, 2.45) is 0 Å². The van der Waals surface area contributed by atoms with Crippen molar-refractivity contribution in [2.75, 3.05) is 0 Å². The molecule has 0 bridgehead atoms. The first-order chi connectivity index (χ1) is 10.1. The second kappa shape index (κ2) is 8.35. The second-order valence-electron chi connectivity index (χ2n) is 5.41. The fraction of sp³-hybridized carbons (Fsp3) is 0.647. The van der Waals surface area contributed by atoms with Gasteiger partial charge in [0.05, 0.1) is 24.2 Å². The van der Waals surface area contributed by atoms with Crippen molar-refractivity contribution >= 4 is 5.91 Å². The molecule has 2 saturated heterocycles. The third-order valence-corrected chi connectivity index (χ3v) is 3.95. The van der Waals surface area contributed by atoms with Crippen LogP contribution in [0, 0.1) is 36.0 Å². The number of nitrogens with zero attached hydrogens (tertiary/aromatic N) is 2. The zero-order valence-electron chi connectivity index (χ0n) is 12.8. The molecular formula is C17H23N3O. The van der Waals surface area contributed by atoms with E-state index >= 15 is 0 Å². The molecule has 2 rings (SSSR count). The maximum absolute atomic E-state index is 11.4. The maximum Gasteiger partial charge on any atom is 0.223 e. The Kier molecular flexibility index (Phi) is 6.80. The van der Waals surface area contributed by atoms with Crippen LogP contribution in [-0.4, -0.2) is 35.0 Å². The monoisotopic (exact) mass is 285 g/mol. The number of carbonyl (C=O) groups excluding carboxylic acids is 1. The van der Waals surface area contributed by atoms with Gasteiger partial charge in [0.15, 0.2) is 0 Å². The minimum absolute atomic E-state index is 0.00829. The molecule has 2 fully saturated rings. The molecule has 0 unspecified atom stereocenters. The Labute approximate surface area is 127 Å². The largest absolute Gasteiger partial charge is 0.326 e. The van der Waals surface area contributed by atoms with E-state index < -0.39 is 0 Å².